The van der Waals surface area contributed by atoms with Gasteiger partial charge in [-0.05, 0) is 55.8 Å². The molecule has 27 heavy (non-hydrogen) atoms. The van der Waals surface area contributed by atoms with Crippen LogP contribution in [0.15, 0.2) is 65.1 Å². The van der Waals surface area contributed by atoms with Crippen molar-refractivity contribution < 1.29 is 9.72 Å². The topological polar surface area (TPSA) is 68.4 Å². The Morgan fingerprint density at radius 2 is 1.56 bits per heavy atom. The van der Waals surface area contributed by atoms with Crippen molar-refractivity contribution in [3.05, 3.63) is 97.8 Å². The van der Waals surface area contributed by atoms with Gasteiger partial charge in [0.05, 0.1) is 11.5 Å². The number of nitrogens with zero attached hydrogens (tertiary/aromatic N) is 3. The van der Waals surface area contributed by atoms with Crippen molar-refractivity contribution in [2.24, 2.45) is 0 Å². The SMILES string of the molecule is Cc1ccc(C)n1N(Cc1ccc(Br)cc1)C(=O)c1ccc([N+](=O)[O-])cc1. The third kappa shape index (κ3) is 4.09. The van der Waals surface area contributed by atoms with Crippen LogP contribution >= 0.6 is 15.9 Å². The van der Waals surface area contributed by atoms with Crippen molar-refractivity contribution in [1.82, 2.24) is 4.68 Å². The highest BCUT2D eigenvalue weighted by Gasteiger charge is 2.21. The Labute approximate surface area is 165 Å². The zero-order valence-electron chi connectivity index (χ0n) is 14.9. The molecule has 0 aliphatic rings. The molecule has 138 valence electrons. The number of aromatic nitrogens is 1. The van der Waals surface area contributed by atoms with Gasteiger partial charge in [0.1, 0.15) is 0 Å². The normalized spacial score (nSPS) is 10.6. The molecule has 2 aromatic carbocycles. The summed E-state index contributed by atoms with van der Waals surface area (Å²) in [4.78, 5) is 23.6. The molecular formula is C20H18BrN3O3. The van der Waals surface area contributed by atoms with E-state index < -0.39 is 4.92 Å². The van der Waals surface area contributed by atoms with Gasteiger partial charge in [0.25, 0.3) is 11.6 Å². The molecule has 0 N–H and O–H groups in total. The number of carbonyl (C=O) groups is 1. The Kier molecular flexibility index (Phi) is 5.41. The standard InChI is InChI=1S/C20H18BrN3O3/c1-14-3-4-15(2)23(14)22(13-16-5-9-18(21)10-6-16)20(25)17-7-11-19(12-8-17)24(26)27/h3-12H,13H2,1-2H3. The highest BCUT2D eigenvalue weighted by molar-refractivity contribution is 9.10. The molecule has 0 saturated heterocycles. The van der Waals surface area contributed by atoms with Gasteiger partial charge in [0.15, 0.2) is 0 Å². The summed E-state index contributed by atoms with van der Waals surface area (Å²) in [6, 6.07) is 17.3. The van der Waals surface area contributed by atoms with Gasteiger partial charge in [-0.1, -0.05) is 28.1 Å². The van der Waals surface area contributed by atoms with Crippen LogP contribution in [0, 0.1) is 24.0 Å². The third-order valence-electron chi connectivity index (χ3n) is 4.28. The molecule has 1 amide bonds. The van der Waals surface area contributed by atoms with Gasteiger partial charge in [-0.2, -0.15) is 0 Å². The average Bonchev–Trinajstić information content (AvgIpc) is 2.99. The molecule has 0 radical (unpaired) electrons. The lowest BCUT2D eigenvalue weighted by Gasteiger charge is -2.27. The summed E-state index contributed by atoms with van der Waals surface area (Å²) >= 11 is 3.42. The third-order valence-corrected chi connectivity index (χ3v) is 4.81. The summed E-state index contributed by atoms with van der Waals surface area (Å²) in [6.45, 7) is 4.24. The monoisotopic (exact) mass is 427 g/mol. The van der Waals surface area contributed by atoms with E-state index in [9.17, 15) is 14.9 Å². The van der Waals surface area contributed by atoms with E-state index in [2.05, 4.69) is 15.9 Å². The van der Waals surface area contributed by atoms with Gasteiger partial charge in [-0.25, -0.2) is 5.01 Å². The van der Waals surface area contributed by atoms with E-state index in [0.717, 1.165) is 21.4 Å². The second-order valence-corrected chi connectivity index (χ2v) is 7.14. The van der Waals surface area contributed by atoms with Crippen LogP contribution in [0.3, 0.4) is 0 Å². The van der Waals surface area contributed by atoms with E-state index in [1.165, 1.54) is 24.3 Å². The van der Waals surface area contributed by atoms with Gasteiger partial charge < -0.3 is 0 Å². The van der Waals surface area contributed by atoms with E-state index in [-0.39, 0.29) is 11.6 Å². The number of non-ortho nitro benzene ring substituents is 1. The fourth-order valence-corrected chi connectivity index (χ4v) is 3.18. The minimum atomic E-state index is -0.478. The Hall–Kier alpha value is -2.93. The molecule has 0 fully saturated rings. The lowest BCUT2D eigenvalue weighted by molar-refractivity contribution is -0.384. The molecule has 3 aromatic rings. The van der Waals surface area contributed by atoms with Gasteiger partial charge >= 0.3 is 0 Å². The van der Waals surface area contributed by atoms with Crippen molar-refractivity contribution in [3.63, 3.8) is 0 Å². The highest BCUT2D eigenvalue weighted by Crippen LogP contribution is 2.18. The summed E-state index contributed by atoms with van der Waals surface area (Å²) in [5.41, 5.74) is 3.19. The van der Waals surface area contributed by atoms with E-state index in [0.29, 0.717) is 12.1 Å². The molecule has 1 aromatic heterocycles. The van der Waals surface area contributed by atoms with E-state index in [4.69, 9.17) is 0 Å². The Morgan fingerprint density at radius 3 is 2.07 bits per heavy atom. The van der Waals surface area contributed by atoms with Crippen molar-refractivity contribution in [2.45, 2.75) is 20.4 Å². The van der Waals surface area contributed by atoms with Crippen molar-refractivity contribution in [3.8, 4) is 0 Å². The fraction of sp³-hybridized carbons (Fsp3) is 0.150. The van der Waals surface area contributed by atoms with Crippen LogP contribution in [0.5, 0.6) is 0 Å². The predicted molar refractivity (Wildman–Crippen MR) is 107 cm³/mol. The number of hydrogen-bond acceptors (Lipinski definition) is 3. The molecule has 0 saturated carbocycles. The molecule has 3 rings (SSSR count). The largest absolute Gasteiger partial charge is 0.273 e. The molecule has 0 atom stereocenters. The number of hydrogen-bond donors (Lipinski definition) is 0. The summed E-state index contributed by atoms with van der Waals surface area (Å²) in [6.07, 6.45) is 0. The number of aryl methyl sites for hydroxylation is 2. The quantitative estimate of drug-likeness (QED) is 0.435. The maximum absolute atomic E-state index is 13.2. The first-order valence-electron chi connectivity index (χ1n) is 8.33. The summed E-state index contributed by atoms with van der Waals surface area (Å²) in [5.74, 6) is -0.227. The van der Waals surface area contributed by atoms with Crippen LogP contribution in [-0.4, -0.2) is 15.5 Å². The maximum Gasteiger partial charge on any atom is 0.273 e. The maximum atomic E-state index is 13.2. The Balaban J connectivity index is 1.99. The van der Waals surface area contributed by atoms with Crippen LogP contribution in [0.25, 0.3) is 0 Å². The number of halogens is 1. The molecule has 0 aliphatic carbocycles. The van der Waals surface area contributed by atoms with Crippen LogP contribution in [0.4, 0.5) is 5.69 Å². The van der Waals surface area contributed by atoms with Crippen LogP contribution in [-0.2, 0) is 6.54 Å². The minimum Gasteiger partial charge on any atom is -0.267 e. The summed E-state index contributed by atoms with van der Waals surface area (Å²) in [7, 11) is 0. The van der Waals surface area contributed by atoms with E-state index in [1.54, 1.807) is 5.01 Å². The second kappa shape index (κ2) is 7.75. The first kappa shape index (κ1) is 18.8. The van der Waals surface area contributed by atoms with E-state index >= 15 is 0 Å². The summed E-state index contributed by atoms with van der Waals surface area (Å²) < 4.78 is 2.83. The molecule has 1 heterocycles. The molecule has 0 unspecified atom stereocenters. The fourth-order valence-electron chi connectivity index (χ4n) is 2.91. The van der Waals surface area contributed by atoms with Crippen molar-refractivity contribution in [1.29, 1.82) is 0 Å². The zero-order chi connectivity index (χ0) is 19.6. The van der Waals surface area contributed by atoms with Crippen molar-refractivity contribution in [2.75, 3.05) is 5.01 Å². The summed E-state index contributed by atoms with van der Waals surface area (Å²) in [5, 5.41) is 12.5. The Morgan fingerprint density at radius 1 is 1.00 bits per heavy atom. The van der Waals surface area contributed by atoms with E-state index in [1.807, 2.05) is 54.9 Å². The number of amides is 1. The van der Waals surface area contributed by atoms with Gasteiger partial charge in [-0.15, -0.1) is 0 Å². The van der Waals surface area contributed by atoms with Crippen LogP contribution in [0.2, 0.25) is 0 Å². The Bertz CT molecular complexity index is 959. The van der Waals surface area contributed by atoms with Crippen LogP contribution < -0.4 is 5.01 Å². The van der Waals surface area contributed by atoms with Gasteiger partial charge in [0.2, 0.25) is 0 Å². The van der Waals surface area contributed by atoms with Crippen molar-refractivity contribution >= 4 is 27.5 Å². The zero-order valence-corrected chi connectivity index (χ0v) is 16.5. The van der Waals surface area contributed by atoms with Crippen LogP contribution in [0.1, 0.15) is 27.3 Å². The number of rotatable bonds is 5. The second-order valence-electron chi connectivity index (χ2n) is 6.22. The number of benzene rings is 2. The van der Waals surface area contributed by atoms with Gasteiger partial charge in [0, 0.05) is 33.6 Å². The molecule has 0 aliphatic heterocycles. The molecule has 7 heteroatoms. The van der Waals surface area contributed by atoms with Gasteiger partial charge in [-0.3, -0.25) is 19.6 Å². The number of carbonyl (C=O) groups excluding carboxylic acids is 1. The molecule has 0 bridgehead atoms. The first-order valence-corrected chi connectivity index (χ1v) is 9.12. The minimum absolute atomic E-state index is 0.0423. The highest BCUT2D eigenvalue weighted by atomic mass is 79.9. The predicted octanol–water partition coefficient (Wildman–Crippen LogP) is 4.75. The smallest absolute Gasteiger partial charge is 0.267 e. The number of nitro groups is 1. The average molecular weight is 428 g/mol. The first-order chi connectivity index (χ1) is 12.9. The molecule has 6 nitrogen and oxygen atoms in total. The molecular weight excluding hydrogens is 410 g/mol. The number of nitro benzene ring substituents is 1. The molecule has 0 spiro atoms. The lowest BCUT2D eigenvalue weighted by atomic mass is 10.1. The lowest BCUT2D eigenvalue weighted by Crippen LogP contribution is -2.41.